The number of carbonyl (C=O) groups is 1. The molecule has 29 heavy (non-hydrogen) atoms. The van der Waals surface area contributed by atoms with Crippen molar-refractivity contribution in [2.24, 2.45) is 0 Å². The van der Waals surface area contributed by atoms with E-state index in [0.29, 0.717) is 24.5 Å². The fraction of sp³-hybridized carbons (Fsp3) is 0.304. The first-order valence-electron chi connectivity index (χ1n) is 9.61. The van der Waals surface area contributed by atoms with Crippen molar-refractivity contribution in [2.75, 3.05) is 0 Å². The van der Waals surface area contributed by atoms with Crippen molar-refractivity contribution in [1.82, 2.24) is 10.5 Å². The Balaban J connectivity index is 1.57. The molecule has 0 atom stereocenters. The number of aryl methyl sites for hydroxylation is 2. The Bertz CT molecular complexity index is 942. The van der Waals surface area contributed by atoms with Crippen molar-refractivity contribution >= 4 is 5.91 Å². The van der Waals surface area contributed by atoms with Gasteiger partial charge in [0.05, 0.1) is 17.4 Å². The summed E-state index contributed by atoms with van der Waals surface area (Å²) < 4.78 is 16.7. The lowest BCUT2D eigenvalue weighted by Crippen LogP contribution is -2.23. The number of amides is 1. The van der Waals surface area contributed by atoms with Crippen LogP contribution in [0, 0.1) is 13.8 Å². The fourth-order valence-corrected chi connectivity index (χ4v) is 2.86. The average Bonchev–Trinajstić information content (AvgIpc) is 3.03. The van der Waals surface area contributed by atoms with Crippen molar-refractivity contribution < 1.29 is 18.8 Å². The predicted molar refractivity (Wildman–Crippen MR) is 110 cm³/mol. The second-order valence-electron chi connectivity index (χ2n) is 7.07. The van der Waals surface area contributed by atoms with Gasteiger partial charge in [0.15, 0.2) is 0 Å². The van der Waals surface area contributed by atoms with Gasteiger partial charge in [0.2, 0.25) is 0 Å². The molecule has 0 bridgehead atoms. The zero-order chi connectivity index (χ0) is 20.8. The Morgan fingerprint density at radius 2 is 1.83 bits per heavy atom. The number of carbonyl (C=O) groups excluding carboxylic acids is 1. The highest BCUT2D eigenvalue weighted by Gasteiger charge is 2.11. The van der Waals surface area contributed by atoms with Crippen LogP contribution >= 0.6 is 0 Å². The topological polar surface area (TPSA) is 73.6 Å². The molecule has 3 aromatic rings. The molecule has 0 aliphatic heterocycles. The molecule has 0 saturated heterocycles. The van der Waals surface area contributed by atoms with Crippen molar-refractivity contribution in [3.63, 3.8) is 0 Å². The second kappa shape index (κ2) is 9.28. The van der Waals surface area contributed by atoms with Gasteiger partial charge in [-0.1, -0.05) is 23.4 Å². The minimum Gasteiger partial charge on any atom is -0.491 e. The van der Waals surface area contributed by atoms with E-state index in [0.717, 1.165) is 28.3 Å². The number of nitrogens with one attached hydrogen (secondary N) is 1. The maximum Gasteiger partial charge on any atom is 0.251 e. The summed E-state index contributed by atoms with van der Waals surface area (Å²) in [6, 6.07) is 14.8. The van der Waals surface area contributed by atoms with Crippen LogP contribution in [0.3, 0.4) is 0 Å². The van der Waals surface area contributed by atoms with Gasteiger partial charge in [-0.2, -0.15) is 0 Å². The lowest BCUT2D eigenvalue weighted by molar-refractivity contribution is 0.0950. The van der Waals surface area contributed by atoms with E-state index >= 15 is 0 Å². The third-order valence-corrected chi connectivity index (χ3v) is 4.46. The van der Waals surface area contributed by atoms with Gasteiger partial charge in [0, 0.05) is 17.7 Å². The zero-order valence-electron chi connectivity index (χ0n) is 17.2. The molecule has 152 valence electrons. The van der Waals surface area contributed by atoms with Gasteiger partial charge in [-0.25, -0.2) is 0 Å². The van der Waals surface area contributed by atoms with E-state index in [1.807, 2.05) is 52.0 Å². The zero-order valence-corrected chi connectivity index (χ0v) is 17.2. The van der Waals surface area contributed by atoms with Crippen LogP contribution < -0.4 is 14.8 Å². The molecule has 0 saturated carbocycles. The van der Waals surface area contributed by atoms with E-state index in [9.17, 15) is 4.79 Å². The Hall–Kier alpha value is -3.28. The quantitative estimate of drug-likeness (QED) is 0.605. The molecule has 6 nitrogen and oxygen atoms in total. The second-order valence-corrected chi connectivity index (χ2v) is 7.07. The van der Waals surface area contributed by atoms with Crippen LogP contribution in [0.5, 0.6) is 11.5 Å². The molecule has 0 aliphatic carbocycles. The number of hydrogen-bond acceptors (Lipinski definition) is 5. The molecule has 1 heterocycles. The molecule has 1 N–H and O–H groups in total. The summed E-state index contributed by atoms with van der Waals surface area (Å²) in [7, 11) is 0. The predicted octanol–water partition coefficient (Wildman–Crippen LogP) is 4.59. The number of nitrogens with zero attached hydrogens (tertiary/aromatic N) is 1. The Morgan fingerprint density at radius 3 is 2.48 bits per heavy atom. The Kier molecular flexibility index (Phi) is 6.54. The number of para-hydroxylation sites is 1. The molecule has 0 aliphatic rings. The first-order valence-corrected chi connectivity index (χ1v) is 9.61. The first-order chi connectivity index (χ1) is 13.9. The molecule has 2 aromatic carbocycles. The standard InChI is InChI=1S/C23H26N2O4/c1-15(2)28-22-8-6-5-7-19(22)13-24-23(26)18-9-11-20(12-10-18)27-14-21-16(3)25-29-17(21)4/h5-12,15H,13-14H2,1-4H3,(H,24,26). The highest BCUT2D eigenvalue weighted by atomic mass is 16.5. The van der Waals surface area contributed by atoms with Gasteiger partial charge in [-0.3, -0.25) is 4.79 Å². The fourth-order valence-electron chi connectivity index (χ4n) is 2.86. The number of hydrogen-bond donors (Lipinski definition) is 1. The van der Waals surface area contributed by atoms with Crippen molar-refractivity contribution in [2.45, 2.75) is 47.0 Å². The van der Waals surface area contributed by atoms with Gasteiger partial charge in [-0.15, -0.1) is 0 Å². The summed E-state index contributed by atoms with van der Waals surface area (Å²) in [5.41, 5.74) is 3.26. The van der Waals surface area contributed by atoms with E-state index in [1.165, 1.54) is 0 Å². The van der Waals surface area contributed by atoms with Gasteiger partial charge in [0.1, 0.15) is 23.9 Å². The highest BCUT2D eigenvalue weighted by molar-refractivity contribution is 5.94. The van der Waals surface area contributed by atoms with Gasteiger partial charge in [0.25, 0.3) is 5.91 Å². The summed E-state index contributed by atoms with van der Waals surface area (Å²) >= 11 is 0. The van der Waals surface area contributed by atoms with Gasteiger partial charge >= 0.3 is 0 Å². The van der Waals surface area contributed by atoms with Gasteiger partial charge in [-0.05, 0) is 58.0 Å². The van der Waals surface area contributed by atoms with E-state index in [-0.39, 0.29) is 12.0 Å². The van der Waals surface area contributed by atoms with Crippen molar-refractivity contribution in [3.05, 3.63) is 76.7 Å². The molecule has 3 rings (SSSR count). The van der Waals surface area contributed by atoms with Crippen molar-refractivity contribution in [1.29, 1.82) is 0 Å². The molecular weight excluding hydrogens is 368 g/mol. The molecule has 0 fully saturated rings. The number of benzene rings is 2. The minimum absolute atomic E-state index is 0.0739. The summed E-state index contributed by atoms with van der Waals surface area (Å²) in [4.78, 5) is 12.5. The summed E-state index contributed by atoms with van der Waals surface area (Å²) in [5.74, 6) is 2.06. The molecule has 0 radical (unpaired) electrons. The van der Waals surface area contributed by atoms with E-state index in [2.05, 4.69) is 10.5 Å². The van der Waals surface area contributed by atoms with Crippen molar-refractivity contribution in [3.8, 4) is 11.5 Å². The van der Waals surface area contributed by atoms with Crippen LogP contribution in [-0.4, -0.2) is 17.2 Å². The summed E-state index contributed by atoms with van der Waals surface area (Å²) in [6.07, 6.45) is 0.0739. The number of aromatic nitrogens is 1. The maximum absolute atomic E-state index is 12.5. The van der Waals surface area contributed by atoms with Gasteiger partial charge < -0.3 is 19.3 Å². The third-order valence-electron chi connectivity index (χ3n) is 4.46. The SMILES string of the molecule is Cc1noc(C)c1COc1ccc(C(=O)NCc2ccccc2OC(C)C)cc1. The molecule has 0 spiro atoms. The highest BCUT2D eigenvalue weighted by Crippen LogP contribution is 2.20. The Labute approximate surface area is 170 Å². The summed E-state index contributed by atoms with van der Waals surface area (Å²) in [6.45, 7) is 8.46. The minimum atomic E-state index is -0.151. The van der Waals surface area contributed by atoms with Crippen LogP contribution in [0.4, 0.5) is 0 Å². The monoisotopic (exact) mass is 394 g/mol. The molecule has 6 heteroatoms. The largest absolute Gasteiger partial charge is 0.491 e. The van der Waals surface area contributed by atoms with Crippen LogP contribution in [0.25, 0.3) is 0 Å². The third kappa shape index (κ3) is 5.38. The molecular formula is C23H26N2O4. The molecule has 1 aromatic heterocycles. The van der Waals surface area contributed by atoms with Crippen LogP contribution in [0.15, 0.2) is 53.1 Å². The van der Waals surface area contributed by atoms with E-state index in [4.69, 9.17) is 14.0 Å². The van der Waals surface area contributed by atoms with Crippen LogP contribution in [-0.2, 0) is 13.2 Å². The lowest BCUT2D eigenvalue weighted by Gasteiger charge is -2.14. The lowest BCUT2D eigenvalue weighted by atomic mass is 10.1. The van der Waals surface area contributed by atoms with E-state index in [1.54, 1.807) is 24.3 Å². The number of rotatable bonds is 8. The van der Waals surface area contributed by atoms with Crippen LogP contribution in [0.2, 0.25) is 0 Å². The first kappa shape index (κ1) is 20.5. The molecule has 0 unspecified atom stereocenters. The Morgan fingerprint density at radius 1 is 1.10 bits per heavy atom. The number of ether oxygens (including phenoxy) is 2. The smallest absolute Gasteiger partial charge is 0.251 e. The van der Waals surface area contributed by atoms with Crippen LogP contribution in [0.1, 0.15) is 46.8 Å². The average molecular weight is 394 g/mol. The summed E-state index contributed by atoms with van der Waals surface area (Å²) in [5, 5.41) is 6.85. The maximum atomic E-state index is 12.5. The molecule has 1 amide bonds. The normalized spacial score (nSPS) is 10.8. The van der Waals surface area contributed by atoms with E-state index < -0.39 is 0 Å².